The van der Waals surface area contributed by atoms with Crippen molar-refractivity contribution in [2.75, 3.05) is 19.6 Å². The van der Waals surface area contributed by atoms with E-state index in [4.69, 9.17) is 0 Å². The third-order valence-corrected chi connectivity index (χ3v) is 4.97. The molecule has 1 saturated heterocycles. The fourth-order valence-electron chi connectivity index (χ4n) is 3.44. The zero-order valence-electron chi connectivity index (χ0n) is 15.3. The average Bonchev–Trinajstić information content (AvgIpc) is 3.20. The highest BCUT2D eigenvalue weighted by Gasteiger charge is 2.33. The minimum Gasteiger partial charge on any atom is -0.335 e. The molecule has 0 unspecified atom stereocenters. The van der Waals surface area contributed by atoms with Gasteiger partial charge in [-0.05, 0) is 37.3 Å². The van der Waals surface area contributed by atoms with Crippen LogP contribution in [0.1, 0.15) is 27.6 Å². The number of piperazine rings is 1. The van der Waals surface area contributed by atoms with Gasteiger partial charge < -0.3 is 9.80 Å². The van der Waals surface area contributed by atoms with Crippen molar-refractivity contribution in [1.29, 1.82) is 0 Å². The fraction of sp³-hybridized carbons (Fsp3) is 0.250. The average molecular weight is 377 g/mol. The van der Waals surface area contributed by atoms with Gasteiger partial charge in [0.25, 0.3) is 11.8 Å². The van der Waals surface area contributed by atoms with Crippen LogP contribution in [0.5, 0.6) is 0 Å². The summed E-state index contributed by atoms with van der Waals surface area (Å²) in [5.41, 5.74) is 2.06. The van der Waals surface area contributed by atoms with Gasteiger partial charge >= 0.3 is 0 Å². The van der Waals surface area contributed by atoms with Crippen LogP contribution in [0.25, 0.3) is 11.0 Å². The lowest BCUT2D eigenvalue weighted by Crippen LogP contribution is -2.56. The molecule has 0 bridgehead atoms. The molecule has 0 aliphatic carbocycles. The Balaban J connectivity index is 1.45. The molecule has 8 nitrogen and oxygen atoms in total. The predicted molar refractivity (Wildman–Crippen MR) is 102 cm³/mol. The van der Waals surface area contributed by atoms with Gasteiger partial charge in [-0.2, -0.15) is 15.4 Å². The van der Waals surface area contributed by atoms with Gasteiger partial charge in [0.15, 0.2) is 0 Å². The Morgan fingerprint density at radius 1 is 0.964 bits per heavy atom. The van der Waals surface area contributed by atoms with E-state index >= 15 is 0 Å². The third kappa shape index (κ3) is 3.24. The van der Waals surface area contributed by atoms with Crippen molar-refractivity contribution in [2.45, 2.75) is 13.0 Å². The number of carbonyl (C=O) groups excluding carboxylic acids is 3. The van der Waals surface area contributed by atoms with E-state index in [1.54, 1.807) is 35.2 Å². The molecule has 8 heteroatoms. The summed E-state index contributed by atoms with van der Waals surface area (Å²) in [5, 5.41) is 10.4. The van der Waals surface area contributed by atoms with E-state index < -0.39 is 11.7 Å². The Hall–Kier alpha value is -3.55. The van der Waals surface area contributed by atoms with Crippen LogP contribution in [0, 0.1) is 0 Å². The van der Waals surface area contributed by atoms with Gasteiger partial charge in [-0.1, -0.05) is 18.2 Å². The van der Waals surface area contributed by atoms with Gasteiger partial charge in [-0.3, -0.25) is 14.4 Å². The number of fused-ring (bicyclic) bond motifs is 1. The maximum absolute atomic E-state index is 12.8. The number of rotatable bonds is 3. The van der Waals surface area contributed by atoms with Crippen molar-refractivity contribution >= 4 is 28.6 Å². The smallest absolute Gasteiger partial charge is 0.295 e. The number of nitrogens with one attached hydrogen (secondary N) is 1. The SMILES string of the molecule is C[C@@H]1CN(C(=O)c2ccccc2)CCN1C(=O)C(=O)c1ccc2n[nH]nc2c1. The van der Waals surface area contributed by atoms with Crippen LogP contribution in [0.2, 0.25) is 0 Å². The van der Waals surface area contributed by atoms with Crippen LogP contribution in [0.3, 0.4) is 0 Å². The Bertz CT molecular complexity index is 1050. The van der Waals surface area contributed by atoms with Gasteiger partial charge in [-0.15, -0.1) is 0 Å². The van der Waals surface area contributed by atoms with Crippen molar-refractivity contribution in [3.8, 4) is 0 Å². The van der Waals surface area contributed by atoms with Gasteiger partial charge in [0.2, 0.25) is 5.78 Å². The molecular weight excluding hydrogens is 358 g/mol. The van der Waals surface area contributed by atoms with Gasteiger partial charge in [0, 0.05) is 36.8 Å². The first-order chi connectivity index (χ1) is 13.5. The number of carbonyl (C=O) groups is 3. The van der Waals surface area contributed by atoms with Crippen LogP contribution in [-0.2, 0) is 4.79 Å². The summed E-state index contributed by atoms with van der Waals surface area (Å²) in [6.45, 7) is 2.93. The molecule has 3 aromatic rings. The molecular formula is C20H19N5O3. The standard InChI is InChI=1S/C20H19N5O3/c1-13-12-24(19(27)14-5-3-2-4-6-14)9-10-25(13)20(28)18(26)15-7-8-16-17(11-15)22-23-21-16/h2-8,11,13H,9-10,12H2,1H3,(H,21,22,23)/t13-/m1/s1. The summed E-state index contributed by atoms with van der Waals surface area (Å²) in [6.07, 6.45) is 0. The molecule has 1 fully saturated rings. The number of aromatic amines is 1. The minimum atomic E-state index is -0.584. The largest absolute Gasteiger partial charge is 0.335 e. The van der Waals surface area contributed by atoms with Crippen molar-refractivity contribution in [1.82, 2.24) is 25.2 Å². The molecule has 2 heterocycles. The topological polar surface area (TPSA) is 99.3 Å². The predicted octanol–water partition coefficient (Wildman–Crippen LogP) is 1.51. The molecule has 1 aliphatic heterocycles. The van der Waals surface area contributed by atoms with Crippen LogP contribution in [-0.4, -0.2) is 68.5 Å². The van der Waals surface area contributed by atoms with E-state index in [1.165, 1.54) is 4.90 Å². The molecule has 0 saturated carbocycles. The zero-order chi connectivity index (χ0) is 19.7. The van der Waals surface area contributed by atoms with Crippen LogP contribution < -0.4 is 0 Å². The normalized spacial score (nSPS) is 17.0. The molecule has 4 rings (SSSR count). The lowest BCUT2D eigenvalue weighted by atomic mass is 10.1. The first-order valence-electron chi connectivity index (χ1n) is 9.05. The minimum absolute atomic E-state index is 0.0673. The number of amides is 2. The molecule has 1 aliphatic rings. The quantitative estimate of drug-likeness (QED) is 0.551. The second-order valence-corrected chi connectivity index (χ2v) is 6.82. The van der Waals surface area contributed by atoms with E-state index in [0.29, 0.717) is 36.2 Å². The van der Waals surface area contributed by atoms with Crippen LogP contribution in [0.4, 0.5) is 0 Å². The lowest BCUT2D eigenvalue weighted by molar-refractivity contribution is -0.130. The zero-order valence-corrected chi connectivity index (χ0v) is 15.3. The number of hydrogen-bond donors (Lipinski definition) is 1. The molecule has 1 N–H and O–H groups in total. The highest BCUT2D eigenvalue weighted by molar-refractivity contribution is 6.43. The highest BCUT2D eigenvalue weighted by Crippen LogP contribution is 2.17. The Labute approximate surface area is 161 Å². The fourth-order valence-corrected chi connectivity index (χ4v) is 3.44. The summed E-state index contributed by atoms with van der Waals surface area (Å²) in [4.78, 5) is 41.3. The molecule has 1 aromatic heterocycles. The van der Waals surface area contributed by atoms with E-state index in [0.717, 1.165) is 0 Å². The van der Waals surface area contributed by atoms with Crippen molar-refractivity contribution in [3.05, 3.63) is 59.7 Å². The molecule has 0 radical (unpaired) electrons. The number of H-pyrrole nitrogens is 1. The summed E-state index contributed by atoms with van der Waals surface area (Å²) < 4.78 is 0. The van der Waals surface area contributed by atoms with Gasteiger partial charge in [0.05, 0.1) is 0 Å². The van der Waals surface area contributed by atoms with Crippen LogP contribution >= 0.6 is 0 Å². The number of Topliss-reactive ketones (excluding diaryl/α,β-unsaturated/α-hetero) is 1. The first kappa shape index (κ1) is 17.8. The Morgan fingerprint density at radius 2 is 1.71 bits per heavy atom. The van der Waals surface area contributed by atoms with Gasteiger partial charge in [0.1, 0.15) is 11.0 Å². The van der Waals surface area contributed by atoms with Crippen LogP contribution in [0.15, 0.2) is 48.5 Å². The lowest BCUT2D eigenvalue weighted by Gasteiger charge is -2.39. The molecule has 142 valence electrons. The van der Waals surface area contributed by atoms with E-state index in [9.17, 15) is 14.4 Å². The number of benzene rings is 2. The van der Waals surface area contributed by atoms with Crippen molar-refractivity contribution in [3.63, 3.8) is 0 Å². The number of hydrogen-bond acceptors (Lipinski definition) is 5. The second-order valence-electron chi connectivity index (χ2n) is 6.82. The number of nitrogens with zero attached hydrogens (tertiary/aromatic N) is 4. The summed E-state index contributed by atoms with van der Waals surface area (Å²) in [6, 6.07) is 13.6. The summed E-state index contributed by atoms with van der Waals surface area (Å²) in [5.74, 6) is -1.22. The Kier molecular flexibility index (Phi) is 4.60. The number of aromatic nitrogens is 3. The number of ketones is 1. The van der Waals surface area contributed by atoms with E-state index in [2.05, 4.69) is 15.4 Å². The maximum atomic E-state index is 12.8. The molecule has 28 heavy (non-hydrogen) atoms. The van der Waals surface area contributed by atoms with E-state index in [1.807, 2.05) is 25.1 Å². The first-order valence-corrected chi connectivity index (χ1v) is 9.05. The molecule has 0 spiro atoms. The van der Waals surface area contributed by atoms with E-state index in [-0.39, 0.29) is 17.5 Å². The van der Waals surface area contributed by atoms with Crippen molar-refractivity contribution in [2.24, 2.45) is 0 Å². The summed E-state index contributed by atoms with van der Waals surface area (Å²) in [7, 11) is 0. The molecule has 2 aromatic carbocycles. The van der Waals surface area contributed by atoms with Gasteiger partial charge in [-0.25, -0.2) is 0 Å². The summed E-state index contributed by atoms with van der Waals surface area (Å²) >= 11 is 0. The highest BCUT2D eigenvalue weighted by atomic mass is 16.2. The second kappa shape index (κ2) is 7.22. The third-order valence-electron chi connectivity index (χ3n) is 4.97. The van der Waals surface area contributed by atoms with Crippen molar-refractivity contribution < 1.29 is 14.4 Å². The molecule has 1 atom stereocenters. The maximum Gasteiger partial charge on any atom is 0.295 e. The monoisotopic (exact) mass is 377 g/mol. The molecule has 2 amide bonds. The Morgan fingerprint density at radius 3 is 2.46 bits per heavy atom.